The molecule has 3 amide bonds. The number of anilines is 1. The summed E-state index contributed by atoms with van der Waals surface area (Å²) in [5, 5.41) is 3.04. The molecule has 1 aliphatic rings. The fraction of sp³-hybridized carbons (Fsp3) is 0.281. The van der Waals surface area contributed by atoms with Gasteiger partial charge in [-0.05, 0) is 90.2 Å². The van der Waals surface area contributed by atoms with E-state index in [1.54, 1.807) is 36.4 Å². The van der Waals surface area contributed by atoms with Crippen LogP contribution in [0.5, 0.6) is 17.2 Å². The van der Waals surface area contributed by atoms with Gasteiger partial charge in [-0.25, -0.2) is 0 Å². The van der Waals surface area contributed by atoms with Crippen molar-refractivity contribution in [3.63, 3.8) is 0 Å². The molecule has 226 valence electrons. The Morgan fingerprint density at radius 3 is 2.47 bits per heavy atom. The van der Waals surface area contributed by atoms with Gasteiger partial charge in [0.25, 0.3) is 17.1 Å². The molecular weight excluding hydrogens is 611 g/mol. The van der Waals surface area contributed by atoms with E-state index in [1.165, 1.54) is 7.11 Å². The Labute approximate surface area is 265 Å². The number of methoxy groups -OCH3 is 1. The van der Waals surface area contributed by atoms with Gasteiger partial charge in [0.05, 0.1) is 23.6 Å². The average molecular weight is 644 g/mol. The number of halogens is 2. The molecule has 0 aromatic heterocycles. The van der Waals surface area contributed by atoms with E-state index < -0.39 is 11.8 Å². The summed E-state index contributed by atoms with van der Waals surface area (Å²) in [5.74, 6) is 0.612. The van der Waals surface area contributed by atoms with Crippen LogP contribution in [0, 0.1) is 13.8 Å². The standard InChI is InChI=1S/C32H32Cl2N2O6S/c1-18(2)23-9-6-19(3)12-26(23)41-11-10-36-31(38)28(43-32(36)39)15-21-13-25(34)30(27(14-21)40-5)42-17-29(37)35-22-8-7-20(4)24(33)16-22/h6-9,12-16,18H,10-11,17H2,1-5H3,(H,35,37)/b28-15-. The quantitative estimate of drug-likeness (QED) is 0.213. The molecule has 11 heteroatoms. The van der Waals surface area contributed by atoms with Gasteiger partial charge in [-0.1, -0.05) is 55.2 Å². The van der Waals surface area contributed by atoms with Crippen molar-refractivity contribution in [2.75, 3.05) is 32.2 Å². The molecule has 0 saturated carbocycles. The van der Waals surface area contributed by atoms with Gasteiger partial charge in [0.1, 0.15) is 12.4 Å². The molecule has 43 heavy (non-hydrogen) atoms. The van der Waals surface area contributed by atoms with Gasteiger partial charge in [0.15, 0.2) is 18.1 Å². The number of hydrogen-bond acceptors (Lipinski definition) is 7. The highest BCUT2D eigenvalue weighted by molar-refractivity contribution is 8.18. The van der Waals surface area contributed by atoms with Crippen molar-refractivity contribution in [3.05, 3.63) is 85.7 Å². The normalized spacial score (nSPS) is 14.0. The topological polar surface area (TPSA) is 94.2 Å². The van der Waals surface area contributed by atoms with Gasteiger partial charge in [-0.15, -0.1) is 0 Å². The Morgan fingerprint density at radius 1 is 1.00 bits per heavy atom. The fourth-order valence-corrected chi connectivity index (χ4v) is 5.62. The molecule has 1 fully saturated rings. The molecule has 1 saturated heterocycles. The highest BCUT2D eigenvalue weighted by Gasteiger charge is 2.35. The van der Waals surface area contributed by atoms with Crippen molar-refractivity contribution in [2.24, 2.45) is 0 Å². The molecule has 0 aliphatic carbocycles. The third-order valence-electron chi connectivity index (χ3n) is 6.59. The lowest BCUT2D eigenvalue weighted by molar-refractivity contribution is -0.123. The van der Waals surface area contributed by atoms with Crippen molar-refractivity contribution < 1.29 is 28.6 Å². The predicted molar refractivity (Wildman–Crippen MR) is 172 cm³/mol. The third-order valence-corrected chi connectivity index (χ3v) is 8.19. The van der Waals surface area contributed by atoms with Crippen LogP contribution in [-0.4, -0.2) is 48.8 Å². The molecule has 1 N–H and O–H groups in total. The number of carbonyl (C=O) groups is 3. The molecule has 0 unspecified atom stereocenters. The van der Waals surface area contributed by atoms with Crippen LogP contribution in [0.25, 0.3) is 6.08 Å². The summed E-state index contributed by atoms with van der Waals surface area (Å²) in [6.45, 7) is 7.97. The first-order valence-electron chi connectivity index (χ1n) is 13.5. The number of aryl methyl sites for hydroxylation is 2. The number of thioether (sulfide) groups is 1. The van der Waals surface area contributed by atoms with Gasteiger partial charge in [-0.2, -0.15) is 0 Å². The summed E-state index contributed by atoms with van der Waals surface area (Å²) in [6, 6.07) is 14.4. The molecule has 4 rings (SSSR count). The summed E-state index contributed by atoms with van der Waals surface area (Å²) >= 11 is 13.4. The number of imide groups is 1. The molecule has 0 atom stereocenters. The summed E-state index contributed by atoms with van der Waals surface area (Å²) in [6.07, 6.45) is 1.56. The Morgan fingerprint density at radius 2 is 1.77 bits per heavy atom. The van der Waals surface area contributed by atoms with E-state index in [0.717, 1.165) is 39.1 Å². The number of amides is 3. The highest BCUT2D eigenvalue weighted by Crippen LogP contribution is 2.39. The van der Waals surface area contributed by atoms with Crippen LogP contribution in [0.1, 0.15) is 42.0 Å². The molecule has 0 spiro atoms. The molecule has 1 aliphatic heterocycles. The lowest BCUT2D eigenvalue weighted by Gasteiger charge is -2.17. The second-order valence-electron chi connectivity index (χ2n) is 10.2. The van der Waals surface area contributed by atoms with E-state index >= 15 is 0 Å². The number of benzene rings is 3. The first-order chi connectivity index (χ1) is 20.5. The van der Waals surface area contributed by atoms with Gasteiger partial charge >= 0.3 is 0 Å². The van der Waals surface area contributed by atoms with Crippen LogP contribution in [0.4, 0.5) is 10.5 Å². The average Bonchev–Trinajstić information content (AvgIpc) is 3.21. The molecule has 8 nitrogen and oxygen atoms in total. The molecular formula is C32H32Cl2N2O6S. The van der Waals surface area contributed by atoms with Gasteiger partial charge in [0, 0.05) is 10.7 Å². The zero-order valence-electron chi connectivity index (χ0n) is 24.5. The summed E-state index contributed by atoms with van der Waals surface area (Å²) in [5.41, 5.74) is 4.08. The number of rotatable bonds is 11. The van der Waals surface area contributed by atoms with Gasteiger partial charge < -0.3 is 19.5 Å². The third kappa shape index (κ3) is 8.04. The minimum absolute atomic E-state index is 0.112. The smallest absolute Gasteiger partial charge is 0.293 e. The number of carbonyl (C=O) groups excluding carboxylic acids is 3. The van der Waals surface area contributed by atoms with Gasteiger partial charge in [-0.3, -0.25) is 19.3 Å². The first kappa shape index (κ1) is 32.3. The maximum Gasteiger partial charge on any atom is 0.293 e. The van der Waals surface area contributed by atoms with Gasteiger partial charge in [0.2, 0.25) is 0 Å². The van der Waals surface area contributed by atoms with Crippen LogP contribution in [-0.2, 0) is 9.59 Å². The minimum atomic E-state index is -0.421. The molecule has 1 heterocycles. The Kier molecular flexibility index (Phi) is 10.7. The largest absolute Gasteiger partial charge is 0.493 e. The monoisotopic (exact) mass is 642 g/mol. The van der Waals surface area contributed by atoms with Crippen molar-refractivity contribution in [1.82, 2.24) is 4.90 Å². The van der Waals surface area contributed by atoms with Crippen molar-refractivity contribution in [2.45, 2.75) is 33.6 Å². The van der Waals surface area contributed by atoms with Crippen LogP contribution in [0.2, 0.25) is 10.0 Å². The summed E-state index contributed by atoms with van der Waals surface area (Å²) in [4.78, 5) is 39.6. The maximum absolute atomic E-state index is 13.1. The number of nitrogens with zero attached hydrogens (tertiary/aromatic N) is 1. The van der Waals surface area contributed by atoms with Crippen LogP contribution >= 0.6 is 35.0 Å². The van der Waals surface area contributed by atoms with E-state index in [1.807, 2.05) is 32.0 Å². The Bertz CT molecular complexity index is 1590. The number of nitrogens with one attached hydrogen (secondary N) is 1. The maximum atomic E-state index is 13.1. The highest BCUT2D eigenvalue weighted by atomic mass is 35.5. The van der Waals surface area contributed by atoms with Crippen LogP contribution in [0.15, 0.2) is 53.4 Å². The predicted octanol–water partition coefficient (Wildman–Crippen LogP) is 7.88. The zero-order chi connectivity index (χ0) is 31.3. The second kappa shape index (κ2) is 14.2. The van der Waals surface area contributed by atoms with Crippen molar-refractivity contribution in [1.29, 1.82) is 0 Å². The van der Waals surface area contributed by atoms with Crippen LogP contribution in [0.3, 0.4) is 0 Å². The number of ether oxygens (including phenoxy) is 3. The molecule has 3 aromatic rings. The van der Waals surface area contributed by atoms with E-state index in [0.29, 0.717) is 16.3 Å². The van der Waals surface area contributed by atoms with E-state index in [4.69, 9.17) is 37.4 Å². The van der Waals surface area contributed by atoms with E-state index in [9.17, 15) is 14.4 Å². The minimum Gasteiger partial charge on any atom is -0.493 e. The van der Waals surface area contributed by atoms with E-state index in [2.05, 4.69) is 19.2 Å². The second-order valence-corrected chi connectivity index (χ2v) is 12.0. The van der Waals surface area contributed by atoms with Crippen molar-refractivity contribution >= 4 is 63.8 Å². The fourth-order valence-electron chi connectivity index (χ4n) is 4.30. The summed E-state index contributed by atoms with van der Waals surface area (Å²) in [7, 11) is 1.43. The zero-order valence-corrected chi connectivity index (χ0v) is 26.8. The number of hydrogen-bond donors (Lipinski definition) is 1. The molecule has 0 radical (unpaired) electrons. The Balaban J connectivity index is 1.40. The first-order valence-corrected chi connectivity index (χ1v) is 15.1. The SMILES string of the molecule is COc1cc(/C=C2\SC(=O)N(CCOc3cc(C)ccc3C(C)C)C2=O)cc(Cl)c1OCC(=O)Nc1ccc(C)c(Cl)c1. The van der Waals surface area contributed by atoms with Crippen LogP contribution < -0.4 is 19.5 Å². The molecule has 3 aromatic carbocycles. The Hall–Kier alpha value is -3.66. The van der Waals surface area contributed by atoms with Crippen molar-refractivity contribution in [3.8, 4) is 17.2 Å². The molecule has 0 bridgehead atoms. The van der Waals surface area contributed by atoms with E-state index in [-0.39, 0.29) is 52.3 Å². The summed E-state index contributed by atoms with van der Waals surface area (Å²) < 4.78 is 17.1. The lowest BCUT2D eigenvalue weighted by Crippen LogP contribution is -2.32. The lowest BCUT2D eigenvalue weighted by atomic mass is 10.0.